The summed E-state index contributed by atoms with van der Waals surface area (Å²) in [5.74, 6) is -0.187. The van der Waals surface area contributed by atoms with Crippen molar-refractivity contribution in [1.29, 1.82) is 5.26 Å². The van der Waals surface area contributed by atoms with E-state index < -0.39 is 11.5 Å². The van der Waals surface area contributed by atoms with E-state index in [9.17, 15) is 10.1 Å². The third kappa shape index (κ3) is 4.45. The lowest BCUT2D eigenvalue weighted by Crippen LogP contribution is -2.60. The van der Waals surface area contributed by atoms with E-state index in [0.717, 1.165) is 64.7 Å². The fraction of sp³-hybridized carbons (Fsp3) is 0.464. The molecule has 0 bridgehead atoms. The summed E-state index contributed by atoms with van der Waals surface area (Å²) >= 11 is 0. The Morgan fingerprint density at radius 2 is 1.44 bits per heavy atom. The molecule has 2 aromatic rings. The zero-order valence-electron chi connectivity index (χ0n) is 19.7. The SMILES string of the molecule is N#C[C@H]1C(=O)NC(N2CCN(C(c3ccccc3)c3ccccc3)CC2)=NC12CCCCCC2. The van der Waals surface area contributed by atoms with E-state index in [-0.39, 0.29) is 11.9 Å². The predicted molar refractivity (Wildman–Crippen MR) is 133 cm³/mol. The standard InChI is InChI=1S/C28H33N5O/c29-21-24-26(34)30-27(31-28(24)15-9-1-2-10-16-28)33-19-17-32(18-20-33)25(22-11-5-3-6-12-22)23-13-7-4-8-14-23/h3-8,11-14,24-25H,1-2,9-10,15-20H2,(H,30,31,34)/t24-/m0/s1. The van der Waals surface area contributed by atoms with E-state index in [1.54, 1.807) is 0 Å². The Morgan fingerprint density at radius 1 is 0.882 bits per heavy atom. The first-order valence-corrected chi connectivity index (χ1v) is 12.6. The van der Waals surface area contributed by atoms with E-state index in [4.69, 9.17) is 4.99 Å². The van der Waals surface area contributed by atoms with Crippen LogP contribution in [0.2, 0.25) is 0 Å². The van der Waals surface area contributed by atoms with Crippen molar-refractivity contribution >= 4 is 11.9 Å². The van der Waals surface area contributed by atoms with Crippen LogP contribution in [0.25, 0.3) is 0 Å². The molecule has 2 aliphatic heterocycles. The number of hydrogen-bond donors (Lipinski definition) is 1. The lowest BCUT2D eigenvalue weighted by molar-refractivity contribution is -0.124. The largest absolute Gasteiger partial charge is 0.340 e. The van der Waals surface area contributed by atoms with Crippen LogP contribution in [0, 0.1) is 17.2 Å². The van der Waals surface area contributed by atoms with Gasteiger partial charge in [-0.25, -0.2) is 4.99 Å². The van der Waals surface area contributed by atoms with Crippen molar-refractivity contribution in [1.82, 2.24) is 15.1 Å². The first-order chi connectivity index (χ1) is 16.7. The molecule has 2 aromatic carbocycles. The number of nitriles is 1. The van der Waals surface area contributed by atoms with Gasteiger partial charge in [0, 0.05) is 26.2 Å². The minimum Gasteiger partial charge on any atom is -0.340 e. The van der Waals surface area contributed by atoms with Gasteiger partial charge in [0.05, 0.1) is 17.6 Å². The first-order valence-electron chi connectivity index (χ1n) is 12.6. The number of nitrogens with one attached hydrogen (secondary N) is 1. The van der Waals surface area contributed by atoms with Crippen LogP contribution in [0.4, 0.5) is 0 Å². The van der Waals surface area contributed by atoms with Gasteiger partial charge in [-0.1, -0.05) is 86.3 Å². The molecule has 0 radical (unpaired) electrons. The van der Waals surface area contributed by atoms with Crippen molar-refractivity contribution in [3.05, 3.63) is 71.8 Å². The molecule has 1 atom stereocenters. The van der Waals surface area contributed by atoms with E-state index in [1.165, 1.54) is 11.1 Å². The summed E-state index contributed by atoms with van der Waals surface area (Å²) in [4.78, 5) is 22.8. The second-order valence-corrected chi connectivity index (χ2v) is 9.75. The topological polar surface area (TPSA) is 71.7 Å². The van der Waals surface area contributed by atoms with Gasteiger partial charge in [0.15, 0.2) is 5.92 Å². The summed E-state index contributed by atoms with van der Waals surface area (Å²) < 4.78 is 0. The Kier molecular flexibility index (Phi) is 6.64. The van der Waals surface area contributed by atoms with E-state index in [1.807, 2.05) is 0 Å². The molecule has 0 unspecified atom stereocenters. The molecule has 3 aliphatic rings. The Morgan fingerprint density at radius 3 is 1.97 bits per heavy atom. The fourth-order valence-electron chi connectivity index (χ4n) is 5.88. The second-order valence-electron chi connectivity index (χ2n) is 9.75. The molecule has 34 heavy (non-hydrogen) atoms. The van der Waals surface area contributed by atoms with E-state index in [2.05, 4.69) is 81.8 Å². The number of amides is 1. The lowest BCUT2D eigenvalue weighted by atomic mass is 9.77. The smallest absolute Gasteiger partial charge is 0.246 e. The normalized spacial score (nSPS) is 23.2. The summed E-state index contributed by atoms with van der Waals surface area (Å²) in [6, 6.07) is 23.8. The van der Waals surface area contributed by atoms with Crippen LogP contribution < -0.4 is 5.32 Å². The van der Waals surface area contributed by atoms with Crippen LogP contribution in [0.15, 0.2) is 65.7 Å². The number of carbonyl (C=O) groups is 1. The lowest BCUT2D eigenvalue weighted by Gasteiger charge is -2.44. The van der Waals surface area contributed by atoms with Gasteiger partial charge in [-0.15, -0.1) is 0 Å². The summed E-state index contributed by atoms with van der Waals surface area (Å²) in [7, 11) is 0. The number of rotatable bonds is 3. The van der Waals surface area contributed by atoms with Gasteiger partial charge in [0.25, 0.3) is 0 Å². The molecule has 6 heteroatoms. The number of piperazine rings is 1. The Balaban J connectivity index is 1.36. The van der Waals surface area contributed by atoms with Gasteiger partial charge in [-0.05, 0) is 24.0 Å². The number of hydrogen-bond acceptors (Lipinski definition) is 5. The molecule has 1 amide bonds. The van der Waals surface area contributed by atoms with Gasteiger partial charge >= 0.3 is 0 Å². The molecule has 6 nitrogen and oxygen atoms in total. The minimum absolute atomic E-state index is 0.178. The second kappa shape index (κ2) is 9.99. The highest BCUT2D eigenvalue weighted by Gasteiger charge is 2.47. The van der Waals surface area contributed by atoms with Crippen LogP contribution in [-0.4, -0.2) is 53.4 Å². The van der Waals surface area contributed by atoms with E-state index in [0.29, 0.717) is 5.96 Å². The molecule has 1 saturated carbocycles. The van der Waals surface area contributed by atoms with Crippen LogP contribution >= 0.6 is 0 Å². The van der Waals surface area contributed by atoms with Crippen molar-refractivity contribution < 1.29 is 4.79 Å². The first kappa shape index (κ1) is 22.6. The van der Waals surface area contributed by atoms with Crippen molar-refractivity contribution in [2.75, 3.05) is 26.2 Å². The highest BCUT2D eigenvalue weighted by atomic mass is 16.2. The van der Waals surface area contributed by atoms with Crippen molar-refractivity contribution in [2.24, 2.45) is 10.9 Å². The average Bonchev–Trinajstić information content (AvgIpc) is 3.11. The van der Waals surface area contributed by atoms with Crippen LogP contribution in [0.3, 0.4) is 0 Å². The number of guanidine groups is 1. The maximum Gasteiger partial charge on any atom is 0.246 e. The molecular weight excluding hydrogens is 422 g/mol. The number of nitrogens with zero attached hydrogens (tertiary/aromatic N) is 4. The zero-order chi connectivity index (χ0) is 23.4. The number of benzene rings is 2. The molecule has 1 spiro atoms. The monoisotopic (exact) mass is 455 g/mol. The van der Waals surface area contributed by atoms with Crippen molar-refractivity contribution in [2.45, 2.75) is 50.1 Å². The number of carbonyl (C=O) groups excluding carboxylic acids is 1. The summed E-state index contributed by atoms with van der Waals surface area (Å²) in [5, 5.41) is 12.8. The Bertz CT molecular complexity index is 1010. The zero-order valence-corrected chi connectivity index (χ0v) is 19.7. The van der Waals surface area contributed by atoms with Crippen LogP contribution in [0.1, 0.15) is 55.7 Å². The third-order valence-electron chi connectivity index (χ3n) is 7.67. The molecule has 5 rings (SSSR count). The maximum atomic E-state index is 13.0. The molecule has 0 aromatic heterocycles. The molecule has 1 N–H and O–H groups in total. The summed E-state index contributed by atoms with van der Waals surface area (Å²) in [6.07, 6.45) is 6.03. The maximum absolute atomic E-state index is 13.0. The van der Waals surface area contributed by atoms with Gasteiger partial charge < -0.3 is 4.90 Å². The van der Waals surface area contributed by atoms with Gasteiger partial charge in [-0.2, -0.15) is 5.26 Å². The summed E-state index contributed by atoms with van der Waals surface area (Å²) in [6.45, 7) is 3.33. The Hall–Kier alpha value is -3.17. The van der Waals surface area contributed by atoms with Gasteiger partial charge in [-0.3, -0.25) is 15.0 Å². The molecule has 1 aliphatic carbocycles. The van der Waals surface area contributed by atoms with Crippen LogP contribution in [0.5, 0.6) is 0 Å². The molecule has 1 saturated heterocycles. The highest BCUT2D eigenvalue weighted by molar-refractivity contribution is 6.02. The fourth-order valence-corrected chi connectivity index (χ4v) is 5.88. The van der Waals surface area contributed by atoms with Gasteiger partial charge in [0.1, 0.15) is 0 Å². The predicted octanol–water partition coefficient (Wildman–Crippen LogP) is 4.11. The molecule has 176 valence electrons. The quantitative estimate of drug-likeness (QED) is 0.756. The van der Waals surface area contributed by atoms with Crippen molar-refractivity contribution in [3.63, 3.8) is 0 Å². The number of aliphatic imine (C=N–C) groups is 1. The molecule has 2 fully saturated rings. The van der Waals surface area contributed by atoms with Crippen molar-refractivity contribution in [3.8, 4) is 6.07 Å². The van der Waals surface area contributed by atoms with Gasteiger partial charge in [0.2, 0.25) is 11.9 Å². The average molecular weight is 456 g/mol. The minimum atomic E-state index is -0.684. The molecule has 2 heterocycles. The summed E-state index contributed by atoms with van der Waals surface area (Å²) in [5.41, 5.74) is 2.02. The molecular formula is C28H33N5O. The highest BCUT2D eigenvalue weighted by Crippen LogP contribution is 2.39. The van der Waals surface area contributed by atoms with Crippen LogP contribution in [-0.2, 0) is 4.79 Å². The Labute approximate surface area is 202 Å². The van der Waals surface area contributed by atoms with E-state index >= 15 is 0 Å². The third-order valence-corrected chi connectivity index (χ3v) is 7.67.